The predicted octanol–water partition coefficient (Wildman–Crippen LogP) is 12.3. The molecule has 0 unspecified atom stereocenters. The molecule has 0 bridgehead atoms. The monoisotopic (exact) mass is 1040 g/mol. The number of nitriles is 1. The van der Waals surface area contributed by atoms with Crippen molar-refractivity contribution >= 4 is 44.6 Å². The molecule has 18 heteroatoms. The third-order valence-corrected chi connectivity index (χ3v) is 12.5. The lowest BCUT2D eigenvalue weighted by Gasteiger charge is -2.22. The van der Waals surface area contributed by atoms with Gasteiger partial charge < -0.3 is 29.7 Å². The average Bonchev–Trinajstić information content (AvgIpc) is 3.88. The molecule has 0 saturated heterocycles. The number of halogens is 6. The normalized spacial score (nSPS) is 12.4. The van der Waals surface area contributed by atoms with Crippen LogP contribution in [0.1, 0.15) is 75.1 Å². The van der Waals surface area contributed by atoms with Crippen LogP contribution in [0.5, 0.6) is 17.2 Å². The summed E-state index contributed by atoms with van der Waals surface area (Å²) in [6, 6.07) is 32.5. The quantitative estimate of drug-likeness (QED) is 0.0883. The molecule has 3 N–H and O–H groups in total. The summed E-state index contributed by atoms with van der Waals surface area (Å²) >= 11 is 0. The van der Waals surface area contributed by atoms with E-state index in [2.05, 4.69) is 26.3 Å². The van der Waals surface area contributed by atoms with Gasteiger partial charge in [-0.1, -0.05) is 67.4 Å². The van der Waals surface area contributed by atoms with E-state index >= 15 is 0 Å². The number of amides is 1. The van der Waals surface area contributed by atoms with Gasteiger partial charge in [0.25, 0.3) is 5.91 Å². The molecule has 3 heterocycles. The summed E-state index contributed by atoms with van der Waals surface area (Å²) in [7, 11) is 0. The van der Waals surface area contributed by atoms with E-state index in [1.54, 1.807) is 66.7 Å². The molecule has 3 aromatic heterocycles. The first-order valence-electron chi connectivity index (χ1n) is 23.7. The van der Waals surface area contributed by atoms with Gasteiger partial charge in [0.1, 0.15) is 88.5 Å². The number of rotatable bonds is 14. The van der Waals surface area contributed by atoms with Crippen molar-refractivity contribution in [3.05, 3.63) is 214 Å². The Bertz CT molecular complexity index is 3570. The van der Waals surface area contributed by atoms with Crippen LogP contribution in [-0.4, -0.2) is 49.2 Å². The summed E-state index contributed by atoms with van der Waals surface area (Å²) in [5.41, 5.74) is 1.02. The zero-order valence-corrected chi connectivity index (χ0v) is 40.2. The zero-order chi connectivity index (χ0) is 53.8. The van der Waals surface area contributed by atoms with Crippen LogP contribution in [0.2, 0.25) is 0 Å². The Morgan fingerprint density at radius 2 is 0.908 bits per heavy atom. The maximum atomic E-state index is 13.9. The number of hydrogen-bond acceptors (Lipinski definition) is 10. The van der Waals surface area contributed by atoms with Crippen LogP contribution < -0.4 is 19.5 Å². The van der Waals surface area contributed by atoms with Crippen LogP contribution in [0.15, 0.2) is 146 Å². The Morgan fingerprint density at radius 3 is 1.33 bits per heavy atom. The first-order chi connectivity index (χ1) is 36.7. The maximum Gasteiger partial charge on any atom is 0.336 e. The molecule has 12 nitrogen and oxygen atoms in total. The number of aromatic nitrogens is 3. The number of aromatic carboxylic acids is 1. The fraction of sp³-hybridized carbons (Fsp3) is 0.172. The second kappa shape index (κ2) is 24.3. The number of hydrogen-bond donors (Lipinski definition) is 3. The molecule has 76 heavy (non-hydrogen) atoms. The molecule has 1 aliphatic rings. The Hall–Kier alpha value is -9.08. The van der Waals surface area contributed by atoms with Gasteiger partial charge in [0.15, 0.2) is 0 Å². The summed E-state index contributed by atoms with van der Waals surface area (Å²) < 4.78 is 98.9. The van der Waals surface area contributed by atoms with E-state index in [9.17, 15) is 46.1 Å². The number of nitrogens with one attached hydrogen (secondary N) is 1. The highest BCUT2D eigenvalue weighted by molar-refractivity contribution is 6.07. The van der Waals surface area contributed by atoms with E-state index in [-0.39, 0.29) is 53.7 Å². The summed E-state index contributed by atoms with van der Waals surface area (Å²) in [5, 5.41) is 33.2. The van der Waals surface area contributed by atoms with Crippen molar-refractivity contribution < 1.29 is 60.4 Å². The molecule has 0 radical (unpaired) electrons. The van der Waals surface area contributed by atoms with Gasteiger partial charge in [-0.25, -0.2) is 31.1 Å². The molecular weight excluding hydrogens is 993 g/mol. The minimum atomic E-state index is -1.09. The number of para-hydroxylation sites is 3. The van der Waals surface area contributed by atoms with Crippen LogP contribution in [0.3, 0.4) is 0 Å². The lowest BCUT2D eigenvalue weighted by molar-refractivity contribution is 0.0389. The molecular formula is C58H45F6N5O7. The molecule has 1 aliphatic carbocycles. The van der Waals surface area contributed by atoms with E-state index in [4.69, 9.17) is 19.5 Å². The number of pyridine rings is 3. The SMILES string of the molecule is N#Cc1ccnc2c(OCc3c(F)cccc3F)cccc12.O=C(NCCC1(O)CCCC1)c1ccnc2c(OCc3c(F)cccc3F)cccc12.O=C(O)c1ccnc2c(OCc3c(F)cccc3F)cccc12. The van der Waals surface area contributed by atoms with Gasteiger partial charge in [-0.05, 0) is 92.1 Å². The number of ether oxygens (including phenoxy) is 3. The molecule has 0 spiro atoms. The molecule has 0 atom stereocenters. The van der Waals surface area contributed by atoms with E-state index in [1.807, 2.05) is 0 Å². The van der Waals surface area contributed by atoms with Crippen molar-refractivity contribution in [2.75, 3.05) is 6.54 Å². The minimum Gasteiger partial charge on any atom is -0.486 e. The summed E-state index contributed by atoms with van der Waals surface area (Å²) in [6.07, 6.45) is 8.43. The van der Waals surface area contributed by atoms with E-state index < -0.39 is 46.5 Å². The maximum absolute atomic E-state index is 13.9. The van der Waals surface area contributed by atoms with Gasteiger partial charge in [0, 0.05) is 41.3 Å². The van der Waals surface area contributed by atoms with Crippen molar-refractivity contribution in [1.82, 2.24) is 20.3 Å². The highest BCUT2D eigenvalue weighted by atomic mass is 19.2. The van der Waals surface area contributed by atoms with Gasteiger partial charge in [-0.15, -0.1) is 0 Å². The summed E-state index contributed by atoms with van der Waals surface area (Å²) in [4.78, 5) is 36.6. The van der Waals surface area contributed by atoms with Crippen molar-refractivity contribution in [2.24, 2.45) is 0 Å². The summed E-state index contributed by atoms with van der Waals surface area (Å²) in [5.74, 6) is -4.50. The van der Waals surface area contributed by atoms with Gasteiger partial charge in [0.05, 0.1) is 45.1 Å². The number of benzene rings is 6. The molecule has 1 saturated carbocycles. The largest absolute Gasteiger partial charge is 0.486 e. The van der Waals surface area contributed by atoms with Crippen molar-refractivity contribution in [3.63, 3.8) is 0 Å². The molecule has 386 valence electrons. The van der Waals surface area contributed by atoms with Crippen LogP contribution in [0.4, 0.5) is 26.3 Å². The topological polar surface area (TPSA) is 177 Å². The van der Waals surface area contributed by atoms with Gasteiger partial charge in [-0.3, -0.25) is 19.7 Å². The van der Waals surface area contributed by atoms with Crippen LogP contribution in [0, 0.1) is 46.2 Å². The van der Waals surface area contributed by atoms with Crippen molar-refractivity contribution in [3.8, 4) is 23.3 Å². The van der Waals surface area contributed by atoms with Crippen molar-refractivity contribution in [2.45, 2.75) is 57.5 Å². The lowest BCUT2D eigenvalue weighted by Crippen LogP contribution is -2.33. The Labute approximate surface area is 430 Å². The van der Waals surface area contributed by atoms with E-state index in [0.29, 0.717) is 68.3 Å². The highest BCUT2D eigenvalue weighted by Crippen LogP contribution is 2.33. The van der Waals surface area contributed by atoms with Crippen LogP contribution >= 0.6 is 0 Å². The Morgan fingerprint density at radius 1 is 0.539 bits per heavy atom. The van der Waals surface area contributed by atoms with Gasteiger partial charge in [-0.2, -0.15) is 5.26 Å². The number of carboxylic acid groups (broad SMARTS) is 1. The first-order valence-corrected chi connectivity index (χ1v) is 23.7. The summed E-state index contributed by atoms with van der Waals surface area (Å²) in [6.45, 7) is -0.497. The average molecular weight is 1040 g/mol. The van der Waals surface area contributed by atoms with Gasteiger partial charge >= 0.3 is 5.97 Å². The predicted molar refractivity (Wildman–Crippen MR) is 269 cm³/mol. The van der Waals surface area contributed by atoms with E-state index in [1.165, 1.54) is 67.1 Å². The standard InChI is InChI=1S/C24H24F2N2O3.C17H10F2N2O.C17H11F2NO3/c25-19-6-4-7-20(26)18(19)15-31-21-8-3-5-16-17(9-13-27-22(16)21)23(29)28-14-12-24(30)10-1-2-11-24;18-14-4-2-5-15(19)13(14)10-22-16-6-1-3-12-11(9-20)7-8-21-17(12)16;18-13-4-2-5-14(19)12(13)9-23-15-6-1-3-10-11(17(21)22)7-8-20-16(10)15/h3-9,13,30H,1-2,10-12,14-15H2,(H,28,29);1-8H,10H2;1-8H,9H2,(H,21,22). The third kappa shape index (κ3) is 12.5. The third-order valence-electron chi connectivity index (χ3n) is 12.5. The van der Waals surface area contributed by atoms with Crippen molar-refractivity contribution in [1.29, 1.82) is 5.26 Å². The molecule has 6 aromatic carbocycles. The van der Waals surface area contributed by atoms with E-state index in [0.717, 1.165) is 37.8 Å². The number of nitrogens with zero attached hydrogens (tertiary/aromatic N) is 4. The smallest absolute Gasteiger partial charge is 0.336 e. The van der Waals surface area contributed by atoms with Crippen LogP contribution in [0.25, 0.3) is 32.7 Å². The van der Waals surface area contributed by atoms with Gasteiger partial charge in [0.2, 0.25) is 0 Å². The zero-order valence-electron chi connectivity index (χ0n) is 40.2. The lowest BCUT2D eigenvalue weighted by atomic mass is 9.98. The number of carbonyl (C=O) groups excluding carboxylic acids is 1. The molecule has 9 aromatic rings. The fourth-order valence-corrected chi connectivity index (χ4v) is 8.53. The van der Waals surface area contributed by atoms with Crippen LogP contribution in [-0.2, 0) is 19.8 Å². The fourth-order valence-electron chi connectivity index (χ4n) is 8.53. The molecule has 1 amide bonds. The molecule has 10 rings (SSSR count). The Kier molecular flexibility index (Phi) is 17.0. The highest BCUT2D eigenvalue weighted by Gasteiger charge is 2.30. The Balaban J connectivity index is 0.000000154. The second-order valence-corrected chi connectivity index (χ2v) is 17.4. The molecule has 1 fully saturated rings. The number of aliphatic hydroxyl groups is 1. The number of fused-ring (bicyclic) bond motifs is 3. The first kappa shape index (κ1) is 53.2. The minimum absolute atomic E-state index is 0.0810. The number of carboxylic acids is 1. The number of carbonyl (C=O) groups is 2. The molecule has 0 aliphatic heterocycles. The second-order valence-electron chi connectivity index (χ2n) is 17.4.